The standard InChI is InChI=1S/C11H16N6O3/c1-4-16-11(10(17(18)19)7(2)14-16)12-6-5-9-13-8(3)15-20-9/h12H,4-6H2,1-3H3. The lowest BCUT2D eigenvalue weighted by atomic mass is 10.3. The minimum absolute atomic E-state index is 0.00793. The van der Waals surface area contributed by atoms with Gasteiger partial charge in [0.05, 0.1) is 4.92 Å². The highest BCUT2D eigenvalue weighted by Gasteiger charge is 2.24. The quantitative estimate of drug-likeness (QED) is 0.629. The molecule has 0 bridgehead atoms. The molecule has 9 heteroatoms. The van der Waals surface area contributed by atoms with Crippen molar-refractivity contribution >= 4 is 11.5 Å². The normalized spacial score (nSPS) is 10.8. The number of aromatic nitrogens is 4. The molecule has 2 aromatic heterocycles. The van der Waals surface area contributed by atoms with Crippen LogP contribution in [0.1, 0.15) is 24.3 Å². The zero-order valence-electron chi connectivity index (χ0n) is 11.6. The Kier molecular flexibility index (Phi) is 3.97. The largest absolute Gasteiger partial charge is 0.364 e. The highest BCUT2D eigenvalue weighted by atomic mass is 16.6. The Labute approximate surface area is 115 Å². The van der Waals surface area contributed by atoms with Gasteiger partial charge in [-0.1, -0.05) is 5.16 Å². The van der Waals surface area contributed by atoms with Crippen LogP contribution in [-0.2, 0) is 13.0 Å². The van der Waals surface area contributed by atoms with Crippen molar-refractivity contribution in [1.82, 2.24) is 19.9 Å². The predicted molar refractivity (Wildman–Crippen MR) is 70.5 cm³/mol. The summed E-state index contributed by atoms with van der Waals surface area (Å²) >= 11 is 0. The third kappa shape index (κ3) is 2.76. The molecule has 0 aliphatic carbocycles. The first-order chi connectivity index (χ1) is 9.52. The third-order valence-electron chi connectivity index (χ3n) is 2.78. The topological polar surface area (TPSA) is 112 Å². The lowest BCUT2D eigenvalue weighted by Gasteiger charge is -2.06. The summed E-state index contributed by atoms with van der Waals surface area (Å²) in [5.41, 5.74) is 0.404. The summed E-state index contributed by atoms with van der Waals surface area (Å²) in [6.07, 6.45) is 0.492. The van der Waals surface area contributed by atoms with E-state index in [4.69, 9.17) is 4.52 Å². The SMILES string of the molecule is CCn1nc(C)c([N+](=O)[O-])c1NCCc1nc(C)no1. The summed E-state index contributed by atoms with van der Waals surface area (Å²) in [5.74, 6) is 1.48. The average molecular weight is 280 g/mol. The van der Waals surface area contributed by atoms with Gasteiger partial charge in [-0.15, -0.1) is 0 Å². The molecule has 0 spiro atoms. The van der Waals surface area contributed by atoms with Gasteiger partial charge in [0, 0.05) is 19.5 Å². The predicted octanol–water partition coefficient (Wildman–Crippen LogP) is 1.47. The number of aryl methyl sites for hydroxylation is 3. The van der Waals surface area contributed by atoms with Gasteiger partial charge in [0.15, 0.2) is 5.82 Å². The highest BCUT2D eigenvalue weighted by molar-refractivity contribution is 5.59. The van der Waals surface area contributed by atoms with Crippen LogP contribution in [0.5, 0.6) is 0 Å². The maximum Gasteiger partial charge on any atom is 0.333 e. The van der Waals surface area contributed by atoms with Crippen LogP contribution in [0.15, 0.2) is 4.52 Å². The fourth-order valence-electron chi connectivity index (χ4n) is 1.92. The van der Waals surface area contributed by atoms with E-state index >= 15 is 0 Å². The van der Waals surface area contributed by atoms with Crippen molar-refractivity contribution < 1.29 is 9.45 Å². The second-order valence-electron chi connectivity index (χ2n) is 4.27. The Morgan fingerprint density at radius 2 is 2.20 bits per heavy atom. The smallest absolute Gasteiger partial charge is 0.333 e. The summed E-state index contributed by atoms with van der Waals surface area (Å²) in [4.78, 5) is 14.7. The molecule has 2 rings (SSSR count). The van der Waals surface area contributed by atoms with Crippen molar-refractivity contribution in [2.75, 3.05) is 11.9 Å². The summed E-state index contributed by atoms with van der Waals surface area (Å²) in [6.45, 7) is 6.24. The van der Waals surface area contributed by atoms with Crippen molar-refractivity contribution in [2.24, 2.45) is 0 Å². The monoisotopic (exact) mass is 280 g/mol. The maximum atomic E-state index is 11.1. The molecule has 108 valence electrons. The lowest BCUT2D eigenvalue weighted by molar-refractivity contribution is -0.384. The van der Waals surface area contributed by atoms with Gasteiger partial charge in [-0.2, -0.15) is 10.1 Å². The van der Waals surface area contributed by atoms with Gasteiger partial charge in [0.2, 0.25) is 11.7 Å². The number of nitrogens with one attached hydrogen (secondary N) is 1. The fourth-order valence-corrected chi connectivity index (χ4v) is 1.92. The molecule has 20 heavy (non-hydrogen) atoms. The van der Waals surface area contributed by atoms with Crippen molar-refractivity contribution in [3.05, 3.63) is 27.5 Å². The van der Waals surface area contributed by atoms with Crippen LogP contribution in [0.4, 0.5) is 11.5 Å². The van der Waals surface area contributed by atoms with Crippen molar-refractivity contribution in [3.8, 4) is 0 Å². The van der Waals surface area contributed by atoms with Gasteiger partial charge in [0.25, 0.3) is 0 Å². The molecule has 0 aliphatic heterocycles. The zero-order valence-corrected chi connectivity index (χ0v) is 11.6. The minimum atomic E-state index is -0.423. The molecular weight excluding hydrogens is 264 g/mol. The summed E-state index contributed by atoms with van der Waals surface area (Å²) in [5, 5.41) is 21.9. The lowest BCUT2D eigenvalue weighted by Crippen LogP contribution is -2.11. The highest BCUT2D eigenvalue weighted by Crippen LogP contribution is 2.27. The van der Waals surface area contributed by atoms with E-state index in [1.165, 1.54) is 0 Å². The molecule has 0 saturated heterocycles. The minimum Gasteiger partial charge on any atom is -0.364 e. The maximum absolute atomic E-state index is 11.1. The zero-order chi connectivity index (χ0) is 14.7. The Balaban J connectivity index is 2.10. The van der Waals surface area contributed by atoms with Crippen LogP contribution < -0.4 is 5.32 Å². The second kappa shape index (κ2) is 5.68. The Morgan fingerprint density at radius 3 is 2.75 bits per heavy atom. The van der Waals surface area contributed by atoms with Crippen LogP contribution in [0.25, 0.3) is 0 Å². The van der Waals surface area contributed by atoms with Crippen LogP contribution in [-0.4, -0.2) is 31.4 Å². The van der Waals surface area contributed by atoms with E-state index in [1.54, 1.807) is 18.5 Å². The molecule has 2 heterocycles. The van der Waals surface area contributed by atoms with E-state index in [2.05, 4.69) is 20.6 Å². The van der Waals surface area contributed by atoms with Gasteiger partial charge in [-0.25, -0.2) is 4.68 Å². The number of rotatable bonds is 6. The molecule has 0 atom stereocenters. The van der Waals surface area contributed by atoms with Crippen molar-refractivity contribution in [1.29, 1.82) is 0 Å². The van der Waals surface area contributed by atoms with Gasteiger partial charge < -0.3 is 9.84 Å². The molecule has 1 N–H and O–H groups in total. The third-order valence-corrected chi connectivity index (χ3v) is 2.78. The van der Waals surface area contributed by atoms with Crippen LogP contribution in [0.2, 0.25) is 0 Å². The molecule has 9 nitrogen and oxygen atoms in total. The first-order valence-corrected chi connectivity index (χ1v) is 6.27. The number of anilines is 1. The van der Waals surface area contributed by atoms with Crippen LogP contribution in [0.3, 0.4) is 0 Å². The van der Waals surface area contributed by atoms with Gasteiger partial charge in [-0.3, -0.25) is 10.1 Å². The van der Waals surface area contributed by atoms with E-state index in [0.29, 0.717) is 42.7 Å². The second-order valence-corrected chi connectivity index (χ2v) is 4.27. The Morgan fingerprint density at radius 1 is 1.45 bits per heavy atom. The Hall–Kier alpha value is -2.45. The molecular formula is C11H16N6O3. The molecule has 0 amide bonds. The van der Waals surface area contributed by atoms with Crippen LogP contribution >= 0.6 is 0 Å². The van der Waals surface area contributed by atoms with E-state index in [9.17, 15) is 10.1 Å². The van der Waals surface area contributed by atoms with E-state index < -0.39 is 4.92 Å². The Bertz CT molecular complexity index is 618. The molecule has 0 fully saturated rings. The van der Waals surface area contributed by atoms with E-state index in [0.717, 1.165) is 0 Å². The van der Waals surface area contributed by atoms with E-state index in [-0.39, 0.29) is 5.69 Å². The van der Waals surface area contributed by atoms with Gasteiger partial charge >= 0.3 is 5.69 Å². The summed E-state index contributed by atoms with van der Waals surface area (Å²) < 4.78 is 6.56. The summed E-state index contributed by atoms with van der Waals surface area (Å²) in [7, 11) is 0. The van der Waals surface area contributed by atoms with Gasteiger partial charge in [0.1, 0.15) is 5.69 Å². The van der Waals surface area contributed by atoms with Crippen molar-refractivity contribution in [2.45, 2.75) is 33.7 Å². The molecule has 0 aromatic carbocycles. The van der Waals surface area contributed by atoms with Crippen LogP contribution in [0, 0.1) is 24.0 Å². The van der Waals surface area contributed by atoms with Gasteiger partial charge in [-0.05, 0) is 20.8 Å². The van der Waals surface area contributed by atoms with E-state index in [1.807, 2.05) is 6.92 Å². The van der Waals surface area contributed by atoms with Crippen molar-refractivity contribution in [3.63, 3.8) is 0 Å². The molecule has 2 aromatic rings. The first-order valence-electron chi connectivity index (χ1n) is 6.27. The number of nitro groups is 1. The first kappa shape index (κ1) is 14.0. The number of hydrogen-bond acceptors (Lipinski definition) is 7. The summed E-state index contributed by atoms with van der Waals surface area (Å²) in [6, 6.07) is 0. The average Bonchev–Trinajstić information content (AvgIpc) is 2.93. The number of nitrogens with zero attached hydrogens (tertiary/aromatic N) is 5. The molecule has 0 saturated carbocycles. The number of hydrogen-bond donors (Lipinski definition) is 1. The molecule has 0 unspecified atom stereocenters. The molecule has 0 radical (unpaired) electrons. The fraction of sp³-hybridized carbons (Fsp3) is 0.545. The molecule has 0 aliphatic rings.